The first-order valence-corrected chi connectivity index (χ1v) is 8.63. The van der Waals surface area contributed by atoms with Gasteiger partial charge in [0.05, 0.1) is 6.54 Å². The summed E-state index contributed by atoms with van der Waals surface area (Å²) in [5, 5.41) is 11.7. The standard InChI is InChI=1S/C17H15Cl2N5S/c1-11-3-2-4-12(5-11)9-24-10-20-16(23-24)22-17(25)21-15-7-13(18)6-14(19)8-15/h2-8,10H,9H2,1H3,(H2,21,22,23,25). The highest BCUT2D eigenvalue weighted by molar-refractivity contribution is 7.80. The van der Waals surface area contributed by atoms with Crippen LogP contribution in [0.4, 0.5) is 11.6 Å². The van der Waals surface area contributed by atoms with Gasteiger partial charge in [-0.15, -0.1) is 5.10 Å². The molecule has 0 atom stereocenters. The number of hydrogen-bond acceptors (Lipinski definition) is 3. The van der Waals surface area contributed by atoms with Gasteiger partial charge >= 0.3 is 0 Å². The van der Waals surface area contributed by atoms with Gasteiger partial charge in [0.15, 0.2) is 5.11 Å². The molecule has 3 aromatic rings. The van der Waals surface area contributed by atoms with Crippen LogP contribution >= 0.6 is 35.4 Å². The molecule has 8 heteroatoms. The Morgan fingerprint density at radius 2 is 1.88 bits per heavy atom. The summed E-state index contributed by atoms with van der Waals surface area (Å²) in [4.78, 5) is 4.21. The molecule has 1 heterocycles. The van der Waals surface area contributed by atoms with Gasteiger partial charge in [0, 0.05) is 15.7 Å². The van der Waals surface area contributed by atoms with Crippen LogP contribution in [0, 0.1) is 6.92 Å². The summed E-state index contributed by atoms with van der Waals surface area (Å²) in [6, 6.07) is 13.4. The van der Waals surface area contributed by atoms with Gasteiger partial charge in [-0.25, -0.2) is 9.67 Å². The summed E-state index contributed by atoms with van der Waals surface area (Å²) < 4.78 is 1.75. The molecule has 3 rings (SSSR count). The Bertz CT molecular complexity index is 889. The Balaban J connectivity index is 1.61. The minimum absolute atomic E-state index is 0.353. The minimum atomic E-state index is 0.353. The first-order valence-electron chi connectivity index (χ1n) is 7.47. The lowest BCUT2D eigenvalue weighted by Crippen LogP contribution is -2.20. The molecule has 0 aliphatic carbocycles. The second kappa shape index (κ2) is 7.82. The van der Waals surface area contributed by atoms with E-state index in [9.17, 15) is 0 Å². The quantitative estimate of drug-likeness (QED) is 0.628. The number of halogens is 2. The molecule has 0 aliphatic heterocycles. The molecule has 25 heavy (non-hydrogen) atoms. The van der Waals surface area contributed by atoms with E-state index < -0.39 is 0 Å². The number of nitrogens with one attached hydrogen (secondary N) is 2. The Hall–Kier alpha value is -2.15. The minimum Gasteiger partial charge on any atom is -0.332 e. The summed E-state index contributed by atoms with van der Waals surface area (Å²) in [7, 11) is 0. The van der Waals surface area contributed by atoms with E-state index >= 15 is 0 Å². The van der Waals surface area contributed by atoms with Gasteiger partial charge in [-0.05, 0) is 42.9 Å². The fourth-order valence-electron chi connectivity index (χ4n) is 2.32. The van der Waals surface area contributed by atoms with Crippen molar-refractivity contribution >= 4 is 52.2 Å². The van der Waals surface area contributed by atoms with Crippen molar-refractivity contribution < 1.29 is 0 Å². The van der Waals surface area contributed by atoms with E-state index in [0.717, 1.165) is 5.56 Å². The predicted molar refractivity (Wildman–Crippen MR) is 107 cm³/mol. The zero-order valence-corrected chi connectivity index (χ0v) is 15.7. The fourth-order valence-corrected chi connectivity index (χ4v) is 3.05. The van der Waals surface area contributed by atoms with Crippen LogP contribution < -0.4 is 10.6 Å². The summed E-state index contributed by atoms with van der Waals surface area (Å²) in [6.45, 7) is 2.70. The zero-order valence-electron chi connectivity index (χ0n) is 13.3. The normalized spacial score (nSPS) is 10.5. The molecular weight excluding hydrogens is 377 g/mol. The van der Waals surface area contributed by atoms with E-state index in [2.05, 4.69) is 45.8 Å². The number of hydrogen-bond donors (Lipinski definition) is 2. The van der Waals surface area contributed by atoms with Crippen LogP contribution in [0.1, 0.15) is 11.1 Å². The maximum atomic E-state index is 5.97. The van der Waals surface area contributed by atoms with Gasteiger partial charge in [0.2, 0.25) is 5.95 Å². The number of aryl methyl sites for hydroxylation is 1. The average Bonchev–Trinajstić information content (AvgIpc) is 2.92. The number of thiocarbonyl (C=S) groups is 1. The highest BCUT2D eigenvalue weighted by atomic mass is 35.5. The highest BCUT2D eigenvalue weighted by Gasteiger charge is 2.06. The van der Waals surface area contributed by atoms with E-state index in [-0.39, 0.29) is 0 Å². The summed E-state index contributed by atoms with van der Waals surface area (Å²) in [6.07, 6.45) is 1.66. The topological polar surface area (TPSA) is 54.8 Å². The Morgan fingerprint density at radius 1 is 1.12 bits per heavy atom. The number of rotatable bonds is 4. The maximum absolute atomic E-state index is 5.97. The molecule has 0 radical (unpaired) electrons. The maximum Gasteiger partial charge on any atom is 0.248 e. The van der Waals surface area contributed by atoms with Crippen molar-refractivity contribution in [1.82, 2.24) is 14.8 Å². The van der Waals surface area contributed by atoms with Gasteiger partial charge in [0.1, 0.15) is 6.33 Å². The molecule has 0 spiro atoms. The molecule has 2 N–H and O–H groups in total. The van der Waals surface area contributed by atoms with Gasteiger partial charge in [-0.2, -0.15) is 0 Å². The van der Waals surface area contributed by atoms with Crippen molar-refractivity contribution in [1.29, 1.82) is 0 Å². The van der Waals surface area contributed by atoms with E-state index in [0.29, 0.717) is 33.3 Å². The third kappa shape index (κ3) is 5.16. The van der Waals surface area contributed by atoms with Crippen LogP contribution in [0.15, 0.2) is 48.8 Å². The van der Waals surface area contributed by atoms with Gasteiger partial charge in [-0.3, -0.25) is 5.32 Å². The molecule has 2 aromatic carbocycles. The van der Waals surface area contributed by atoms with Gasteiger partial charge in [-0.1, -0.05) is 53.0 Å². The van der Waals surface area contributed by atoms with Crippen molar-refractivity contribution in [3.63, 3.8) is 0 Å². The lowest BCUT2D eigenvalue weighted by Gasteiger charge is -2.08. The van der Waals surface area contributed by atoms with Crippen LogP contribution in [0.25, 0.3) is 0 Å². The second-order valence-corrected chi connectivity index (χ2v) is 6.77. The summed E-state index contributed by atoms with van der Waals surface area (Å²) in [5.74, 6) is 0.415. The summed E-state index contributed by atoms with van der Waals surface area (Å²) >= 11 is 17.2. The molecule has 5 nitrogen and oxygen atoms in total. The largest absolute Gasteiger partial charge is 0.332 e. The van der Waals surface area contributed by atoms with Crippen LogP contribution in [0.2, 0.25) is 10.0 Å². The van der Waals surface area contributed by atoms with Crippen molar-refractivity contribution in [3.05, 3.63) is 70.0 Å². The number of aromatic nitrogens is 3. The van der Waals surface area contributed by atoms with Crippen molar-refractivity contribution in [2.45, 2.75) is 13.5 Å². The van der Waals surface area contributed by atoms with E-state index in [4.69, 9.17) is 35.4 Å². The molecule has 0 aliphatic rings. The monoisotopic (exact) mass is 391 g/mol. The third-order valence-corrected chi connectivity index (χ3v) is 3.95. The fraction of sp³-hybridized carbons (Fsp3) is 0.118. The number of benzene rings is 2. The van der Waals surface area contributed by atoms with Crippen LogP contribution in [0.5, 0.6) is 0 Å². The first kappa shape index (κ1) is 17.7. The van der Waals surface area contributed by atoms with Crippen LogP contribution in [0.3, 0.4) is 0 Å². The first-order chi connectivity index (χ1) is 12.0. The van der Waals surface area contributed by atoms with Crippen molar-refractivity contribution in [2.24, 2.45) is 0 Å². The van der Waals surface area contributed by atoms with E-state index in [1.165, 1.54) is 5.56 Å². The van der Waals surface area contributed by atoms with E-state index in [1.807, 2.05) is 6.07 Å². The molecule has 0 amide bonds. The van der Waals surface area contributed by atoms with Gasteiger partial charge in [0.25, 0.3) is 0 Å². The molecule has 0 saturated heterocycles. The molecule has 0 fully saturated rings. The Labute approximate surface area is 161 Å². The number of anilines is 2. The second-order valence-electron chi connectivity index (χ2n) is 5.49. The van der Waals surface area contributed by atoms with Gasteiger partial charge < -0.3 is 5.32 Å². The molecule has 0 saturated carbocycles. The zero-order chi connectivity index (χ0) is 17.8. The van der Waals surface area contributed by atoms with Crippen molar-refractivity contribution in [3.8, 4) is 0 Å². The average molecular weight is 392 g/mol. The van der Waals surface area contributed by atoms with Crippen LogP contribution in [-0.2, 0) is 6.54 Å². The smallest absolute Gasteiger partial charge is 0.248 e. The molecule has 0 bridgehead atoms. The SMILES string of the molecule is Cc1cccc(Cn2cnc(NC(=S)Nc3cc(Cl)cc(Cl)c3)n2)c1. The molecule has 1 aromatic heterocycles. The highest BCUT2D eigenvalue weighted by Crippen LogP contribution is 2.22. The predicted octanol–water partition coefficient (Wildman–Crippen LogP) is 4.75. The molecular formula is C17H15Cl2N5S. The Kier molecular flexibility index (Phi) is 5.53. The number of nitrogens with zero attached hydrogens (tertiary/aromatic N) is 3. The lowest BCUT2D eigenvalue weighted by atomic mass is 10.1. The Morgan fingerprint density at radius 3 is 2.60 bits per heavy atom. The molecule has 0 unspecified atom stereocenters. The van der Waals surface area contributed by atoms with Crippen LogP contribution in [-0.4, -0.2) is 19.9 Å². The third-order valence-electron chi connectivity index (χ3n) is 3.31. The lowest BCUT2D eigenvalue weighted by molar-refractivity contribution is 0.687. The molecule has 128 valence electrons. The summed E-state index contributed by atoms with van der Waals surface area (Å²) in [5.41, 5.74) is 3.06. The van der Waals surface area contributed by atoms with E-state index in [1.54, 1.807) is 29.2 Å². The van der Waals surface area contributed by atoms with Crippen molar-refractivity contribution in [2.75, 3.05) is 10.6 Å².